The summed E-state index contributed by atoms with van der Waals surface area (Å²) in [7, 11) is 1.68. The molecule has 0 aliphatic heterocycles. The Bertz CT molecular complexity index is 1520. The summed E-state index contributed by atoms with van der Waals surface area (Å²) in [4.78, 5) is 13.2. The normalized spacial score (nSPS) is 12.4. The van der Waals surface area contributed by atoms with E-state index in [2.05, 4.69) is 97.5 Å². The van der Waals surface area contributed by atoms with E-state index in [-0.39, 0.29) is 17.2 Å². The first-order valence-electron chi connectivity index (χ1n) is 13.4. The Labute approximate surface area is 230 Å². The number of furan rings is 1. The minimum absolute atomic E-state index is 0.0108. The molecule has 0 aliphatic carbocycles. The highest BCUT2D eigenvalue weighted by Gasteiger charge is 2.24. The molecule has 0 radical (unpaired) electrons. The summed E-state index contributed by atoms with van der Waals surface area (Å²) >= 11 is 0. The Balaban J connectivity index is 1.51. The van der Waals surface area contributed by atoms with Crippen LogP contribution < -0.4 is 10.1 Å². The monoisotopic (exact) mass is 520 g/mol. The SMILES string of the molecule is COc1ccc(Cn2cc(C(CC(=O)NCc3ccco3)c3ccc(C(C)(C)C)cc3)c3ccccc32)cc1. The molecule has 2 aromatic heterocycles. The van der Waals surface area contributed by atoms with Crippen LogP contribution in [0.4, 0.5) is 0 Å². The van der Waals surface area contributed by atoms with E-state index in [1.807, 2.05) is 24.3 Å². The fraction of sp³-hybridized carbons (Fsp3) is 0.265. The Hall–Kier alpha value is -4.25. The summed E-state index contributed by atoms with van der Waals surface area (Å²) in [5.74, 6) is 1.47. The zero-order valence-electron chi connectivity index (χ0n) is 23.1. The molecule has 5 nitrogen and oxygen atoms in total. The second-order valence-electron chi connectivity index (χ2n) is 11.1. The molecule has 5 heteroatoms. The molecule has 2 heterocycles. The number of hydrogen-bond acceptors (Lipinski definition) is 3. The molecule has 0 aliphatic rings. The number of ether oxygens (including phenoxy) is 1. The maximum absolute atomic E-state index is 13.2. The van der Waals surface area contributed by atoms with Crippen molar-refractivity contribution < 1.29 is 13.9 Å². The number of rotatable bonds is 9. The van der Waals surface area contributed by atoms with Crippen LogP contribution in [0.25, 0.3) is 10.9 Å². The second kappa shape index (κ2) is 11.2. The van der Waals surface area contributed by atoms with Gasteiger partial charge in [0.1, 0.15) is 11.5 Å². The summed E-state index contributed by atoms with van der Waals surface area (Å²) in [5, 5.41) is 4.21. The predicted octanol–water partition coefficient (Wildman–Crippen LogP) is 7.43. The van der Waals surface area contributed by atoms with E-state index in [9.17, 15) is 4.79 Å². The third-order valence-corrected chi connectivity index (χ3v) is 7.32. The third kappa shape index (κ3) is 6.09. The Morgan fingerprint density at radius 1 is 0.949 bits per heavy atom. The summed E-state index contributed by atoms with van der Waals surface area (Å²) < 4.78 is 13.0. The third-order valence-electron chi connectivity index (χ3n) is 7.32. The highest BCUT2D eigenvalue weighted by Crippen LogP contribution is 2.36. The lowest BCUT2D eigenvalue weighted by Crippen LogP contribution is -2.24. The Morgan fingerprint density at radius 3 is 2.36 bits per heavy atom. The number of para-hydroxylation sites is 1. The van der Waals surface area contributed by atoms with Gasteiger partial charge in [0, 0.05) is 36.0 Å². The van der Waals surface area contributed by atoms with E-state index >= 15 is 0 Å². The van der Waals surface area contributed by atoms with Crippen LogP contribution in [0.2, 0.25) is 0 Å². The van der Waals surface area contributed by atoms with Crippen molar-refractivity contribution in [3.8, 4) is 5.75 Å². The number of carbonyl (C=O) groups excluding carboxylic acids is 1. The lowest BCUT2D eigenvalue weighted by molar-refractivity contribution is -0.121. The number of amides is 1. The second-order valence-corrected chi connectivity index (χ2v) is 11.1. The van der Waals surface area contributed by atoms with Crippen molar-refractivity contribution in [3.05, 3.63) is 125 Å². The van der Waals surface area contributed by atoms with Gasteiger partial charge in [0.25, 0.3) is 0 Å². The quantitative estimate of drug-likeness (QED) is 0.220. The van der Waals surface area contributed by atoms with E-state index in [4.69, 9.17) is 9.15 Å². The van der Waals surface area contributed by atoms with Gasteiger partial charge in [-0.2, -0.15) is 0 Å². The lowest BCUT2D eigenvalue weighted by Gasteiger charge is -2.22. The first-order valence-corrected chi connectivity index (χ1v) is 13.4. The molecule has 0 bridgehead atoms. The lowest BCUT2D eigenvalue weighted by atomic mass is 9.83. The van der Waals surface area contributed by atoms with Crippen molar-refractivity contribution >= 4 is 16.8 Å². The van der Waals surface area contributed by atoms with Crippen LogP contribution in [0.15, 0.2) is 102 Å². The number of nitrogens with one attached hydrogen (secondary N) is 1. The summed E-state index contributed by atoms with van der Waals surface area (Å²) in [6.45, 7) is 7.75. The molecule has 5 rings (SSSR count). The maximum atomic E-state index is 13.2. The first kappa shape index (κ1) is 26.4. The molecule has 0 fully saturated rings. The number of benzene rings is 3. The summed E-state index contributed by atoms with van der Waals surface area (Å²) in [6.07, 6.45) is 4.18. The van der Waals surface area contributed by atoms with Gasteiger partial charge in [0.2, 0.25) is 5.91 Å². The first-order chi connectivity index (χ1) is 18.8. The van der Waals surface area contributed by atoms with E-state index in [0.29, 0.717) is 13.0 Å². The van der Waals surface area contributed by atoms with E-state index < -0.39 is 0 Å². The molecule has 0 spiro atoms. The molecule has 200 valence electrons. The van der Waals surface area contributed by atoms with Gasteiger partial charge in [0.15, 0.2) is 0 Å². The molecule has 5 aromatic rings. The molecular weight excluding hydrogens is 484 g/mol. The highest BCUT2D eigenvalue weighted by molar-refractivity contribution is 5.86. The van der Waals surface area contributed by atoms with Crippen LogP contribution in [0.1, 0.15) is 61.1 Å². The zero-order chi connectivity index (χ0) is 27.4. The molecule has 0 saturated heterocycles. The van der Waals surface area contributed by atoms with Crippen molar-refractivity contribution in [2.24, 2.45) is 0 Å². The molecule has 1 N–H and O–H groups in total. The molecule has 0 saturated carbocycles. The van der Waals surface area contributed by atoms with Crippen LogP contribution in [0.3, 0.4) is 0 Å². The molecule has 1 amide bonds. The van der Waals surface area contributed by atoms with Crippen LogP contribution in [0, 0.1) is 0 Å². The van der Waals surface area contributed by atoms with Crippen molar-refractivity contribution in [2.45, 2.75) is 51.6 Å². The van der Waals surface area contributed by atoms with Gasteiger partial charge in [-0.25, -0.2) is 0 Å². The van der Waals surface area contributed by atoms with Gasteiger partial charge in [-0.05, 0) is 58.0 Å². The molecular formula is C34H36N2O3. The van der Waals surface area contributed by atoms with Crippen molar-refractivity contribution in [1.29, 1.82) is 0 Å². The van der Waals surface area contributed by atoms with Gasteiger partial charge in [-0.3, -0.25) is 4.79 Å². The van der Waals surface area contributed by atoms with Gasteiger partial charge in [0.05, 0.1) is 19.9 Å². The average Bonchev–Trinajstić information content (AvgIpc) is 3.59. The van der Waals surface area contributed by atoms with Crippen molar-refractivity contribution in [2.75, 3.05) is 7.11 Å². The Morgan fingerprint density at radius 2 is 1.69 bits per heavy atom. The smallest absolute Gasteiger partial charge is 0.221 e. The Kier molecular flexibility index (Phi) is 7.60. The topological polar surface area (TPSA) is 56.4 Å². The fourth-order valence-corrected chi connectivity index (χ4v) is 5.09. The summed E-state index contributed by atoms with van der Waals surface area (Å²) in [6, 6.07) is 29.1. The number of nitrogens with zero attached hydrogens (tertiary/aromatic N) is 1. The maximum Gasteiger partial charge on any atom is 0.221 e. The largest absolute Gasteiger partial charge is 0.497 e. The molecule has 1 unspecified atom stereocenters. The van der Waals surface area contributed by atoms with Crippen molar-refractivity contribution in [3.63, 3.8) is 0 Å². The van der Waals surface area contributed by atoms with Crippen LogP contribution in [-0.2, 0) is 23.3 Å². The zero-order valence-corrected chi connectivity index (χ0v) is 23.1. The summed E-state index contributed by atoms with van der Waals surface area (Å²) in [5.41, 5.74) is 5.94. The van der Waals surface area contributed by atoms with Crippen LogP contribution >= 0.6 is 0 Å². The van der Waals surface area contributed by atoms with Gasteiger partial charge < -0.3 is 19.0 Å². The standard InChI is InChI=1S/C34H36N2O3/c1-34(2,3)26-15-13-25(14-16-26)30(20-33(37)35-21-28-8-7-19-39-28)31-23-36(32-10-6-5-9-29(31)32)22-24-11-17-27(38-4)18-12-24/h5-19,23,30H,20-22H2,1-4H3,(H,35,37). The van der Waals surface area contributed by atoms with Gasteiger partial charge in [-0.1, -0.05) is 75.4 Å². The number of hydrogen-bond donors (Lipinski definition) is 1. The highest BCUT2D eigenvalue weighted by atomic mass is 16.5. The van der Waals surface area contributed by atoms with E-state index in [1.54, 1.807) is 13.4 Å². The van der Waals surface area contributed by atoms with E-state index in [1.165, 1.54) is 11.1 Å². The number of aromatic nitrogens is 1. The average molecular weight is 521 g/mol. The van der Waals surface area contributed by atoms with Gasteiger partial charge >= 0.3 is 0 Å². The number of fused-ring (bicyclic) bond motifs is 1. The fourth-order valence-electron chi connectivity index (χ4n) is 5.09. The van der Waals surface area contributed by atoms with Gasteiger partial charge in [-0.15, -0.1) is 0 Å². The molecule has 3 aromatic carbocycles. The molecule has 1 atom stereocenters. The van der Waals surface area contributed by atoms with Crippen molar-refractivity contribution in [1.82, 2.24) is 9.88 Å². The predicted molar refractivity (Wildman–Crippen MR) is 156 cm³/mol. The molecule has 39 heavy (non-hydrogen) atoms. The minimum Gasteiger partial charge on any atom is -0.497 e. The number of methoxy groups -OCH3 is 1. The van der Waals surface area contributed by atoms with E-state index in [0.717, 1.165) is 40.1 Å². The number of carbonyl (C=O) groups is 1. The van der Waals surface area contributed by atoms with Crippen LogP contribution in [-0.4, -0.2) is 17.6 Å². The minimum atomic E-state index is -0.0994. The van der Waals surface area contributed by atoms with Crippen LogP contribution in [0.5, 0.6) is 5.75 Å².